The molecule has 0 spiro atoms. The molecule has 9 nitrogen and oxygen atoms in total. The second-order valence-electron chi connectivity index (χ2n) is 9.11. The summed E-state index contributed by atoms with van der Waals surface area (Å²) in [5.41, 5.74) is 4.37. The highest BCUT2D eigenvalue weighted by atomic mass is 35.5. The molecular weight excluding hydrogens is 613 g/mol. The molecule has 0 unspecified atom stereocenters. The van der Waals surface area contributed by atoms with Crippen LogP contribution in [0.25, 0.3) is 0 Å². The number of anilines is 1. The van der Waals surface area contributed by atoms with Crippen LogP contribution in [0.3, 0.4) is 0 Å². The summed E-state index contributed by atoms with van der Waals surface area (Å²) >= 11 is 12.0. The Balaban J connectivity index is 1.36. The third-order valence-corrected chi connectivity index (χ3v) is 7.75. The summed E-state index contributed by atoms with van der Waals surface area (Å²) in [5, 5.41) is 4.50. The van der Waals surface area contributed by atoms with Crippen molar-refractivity contribution in [2.45, 2.75) is 18.7 Å². The maximum absolute atomic E-state index is 12.9. The van der Waals surface area contributed by atoms with Gasteiger partial charge in [0.05, 0.1) is 28.4 Å². The number of hydrazone groups is 1. The second kappa shape index (κ2) is 14.8. The molecule has 0 aromatic heterocycles. The van der Waals surface area contributed by atoms with Crippen molar-refractivity contribution in [1.82, 2.24) is 5.43 Å². The minimum atomic E-state index is -4.06. The number of nitrogens with one attached hydrogen (secondary N) is 2. The maximum atomic E-state index is 12.9. The van der Waals surface area contributed by atoms with Gasteiger partial charge in [-0.05, 0) is 91.7 Å². The van der Waals surface area contributed by atoms with Crippen LogP contribution in [0.15, 0.2) is 94.9 Å². The van der Waals surface area contributed by atoms with Gasteiger partial charge in [-0.25, -0.2) is 13.8 Å². The van der Waals surface area contributed by atoms with E-state index in [2.05, 4.69) is 15.2 Å². The third kappa shape index (κ3) is 9.12. The van der Waals surface area contributed by atoms with Crippen molar-refractivity contribution in [1.29, 1.82) is 0 Å². The Labute approximate surface area is 260 Å². The van der Waals surface area contributed by atoms with Crippen molar-refractivity contribution in [3.8, 4) is 17.2 Å². The van der Waals surface area contributed by atoms with Crippen molar-refractivity contribution in [2.75, 3.05) is 24.5 Å². The predicted octanol–water partition coefficient (Wildman–Crippen LogP) is 6.72. The molecule has 12 heteroatoms. The topological polar surface area (TPSA) is 115 Å². The molecule has 4 aromatic carbocycles. The molecule has 224 valence electrons. The van der Waals surface area contributed by atoms with Crippen molar-refractivity contribution < 1.29 is 27.4 Å². The number of carbonyl (C=O) groups excluding carboxylic acids is 1. The Morgan fingerprint density at radius 1 is 0.884 bits per heavy atom. The van der Waals surface area contributed by atoms with Gasteiger partial charge in [0.25, 0.3) is 15.9 Å². The summed E-state index contributed by atoms with van der Waals surface area (Å²) in [6, 6.07) is 22.9. The van der Waals surface area contributed by atoms with E-state index in [0.29, 0.717) is 41.9 Å². The molecule has 0 aliphatic rings. The van der Waals surface area contributed by atoms with E-state index < -0.39 is 15.9 Å². The molecule has 1 amide bonds. The summed E-state index contributed by atoms with van der Waals surface area (Å²) in [4.78, 5) is 12.6. The van der Waals surface area contributed by atoms with Gasteiger partial charge >= 0.3 is 0 Å². The molecule has 0 fully saturated rings. The van der Waals surface area contributed by atoms with Crippen LogP contribution in [0.2, 0.25) is 10.0 Å². The molecule has 0 atom stereocenters. The van der Waals surface area contributed by atoms with Gasteiger partial charge < -0.3 is 14.2 Å². The first-order chi connectivity index (χ1) is 20.6. The smallest absolute Gasteiger partial charge is 0.271 e. The maximum Gasteiger partial charge on any atom is 0.271 e. The first kappa shape index (κ1) is 31.7. The standard InChI is InChI=1S/C31H29Cl2N3O6S/c1-3-40-30-17-22(10-13-29(30)42-15-14-41-25-8-4-6-21(2)16-25)20-34-35-31(37)23-7-5-9-26(18-23)43(38,39)36-28-19-24(32)11-12-27(28)33/h4-13,16-20,36H,3,14-15H2,1-2H3,(H,35,37)/b34-20+. The Kier molecular flexibility index (Phi) is 10.9. The highest BCUT2D eigenvalue weighted by Crippen LogP contribution is 2.29. The van der Waals surface area contributed by atoms with Gasteiger partial charge in [-0.15, -0.1) is 0 Å². The van der Waals surface area contributed by atoms with Crippen LogP contribution in [0, 0.1) is 6.92 Å². The third-order valence-electron chi connectivity index (χ3n) is 5.83. The summed E-state index contributed by atoms with van der Waals surface area (Å²) in [5.74, 6) is 1.22. The molecule has 0 saturated carbocycles. The van der Waals surface area contributed by atoms with Crippen molar-refractivity contribution >= 4 is 51.0 Å². The van der Waals surface area contributed by atoms with Gasteiger partial charge in [0.15, 0.2) is 11.5 Å². The molecule has 0 bridgehead atoms. The largest absolute Gasteiger partial charge is 0.490 e. The van der Waals surface area contributed by atoms with Crippen molar-refractivity contribution in [3.63, 3.8) is 0 Å². The molecule has 4 aromatic rings. The van der Waals surface area contributed by atoms with Crippen LogP contribution in [0.1, 0.15) is 28.4 Å². The number of benzene rings is 4. The van der Waals surface area contributed by atoms with Crippen LogP contribution >= 0.6 is 23.2 Å². The highest BCUT2D eigenvalue weighted by molar-refractivity contribution is 7.92. The van der Waals surface area contributed by atoms with E-state index in [9.17, 15) is 13.2 Å². The minimum Gasteiger partial charge on any atom is -0.490 e. The summed E-state index contributed by atoms with van der Waals surface area (Å²) in [7, 11) is -4.06. The lowest BCUT2D eigenvalue weighted by Gasteiger charge is -2.13. The molecule has 0 aliphatic heterocycles. The number of hydrogen-bond donors (Lipinski definition) is 2. The molecule has 0 saturated heterocycles. The number of halogens is 2. The Bertz CT molecular complexity index is 1730. The summed E-state index contributed by atoms with van der Waals surface area (Å²) < 4.78 is 45.5. The zero-order chi connectivity index (χ0) is 30.8. The quantitative estimate of drug-likeness (QED) is 0.0951. The van der Waals surface area contributed by atoms with E-state index >= 15 is 0 Å². The minimum absolute atomic E-state index is 0.0869. The normalized spacial score (nSPS) is 11.3. The van der Waals surface area contributed by atoms with E-state index in [1.807, 2.05) is 38.1 Å². The van der Waals surface area contributed by atoms with Gasteiger partial charge in [0, 0.05) is 10.6 Å². The average molecular weight is 643 g/mol. The van der Waals surface area contributed by atoms with Gasteiger partial charge in [-0.2, -0.15) is 5.10 Å². The first-order valence-corrected chi connectivity index (χ1v) is 15.4. The number of hydrogen-bond acceptors (Lipinski definition) is 7. The van der Waals surface area contributed by atoms with Crippen LogP contribution in [-0.2, 0) is 10.0 Å². The lowest BCUT2D eigenvalue weighted by molar-refractivity contribution is 0.0955. The first-order valence-electron chi connectivity index (χ1n) is 13.1. The number of rotatable bonds is 13. The van der Waals surface area contributed by atoms with E-state index in [-0.39, 0.29) is 21.2 Å². The second-order valence-corrected chi connectivity index (χ2v) is 11.6. The van der Waals surface area contributed by atoms with Gasteiger partial charge in [0.1, 0.15) is 19.0 Å². The van der Waals surface area contributed by atoms with Crippen LogP contribution in [0.4, 0.5) is 5.69 Å². The fourth-order valence-corrected chi connectivity index (χ4v) is 5.33. The lowest BCUT2D eigenvalue weighted by Crippen LogP contribution is -2.19. The fourth-order valence-electron chi connectivity index (χ4n) is 3.82. The van der Waals surface area contributed by atoms with Crippen LogP contribution in [-0.4, -0.2) is 40.4 Å². The number of ether oxygens (including phenoxy) is 3. The molecule has 43 heavy (non-hydrogen) atoms. The molecule has 0 radical (unpaired) electrons. The zero-order valence-electron chi connectivity index (χ0n) is 23.3. The van der Waals surface area contributed by atoms with Crippen LogP contribution in [0.5, 0.6) is 17.2 Å². The number of sulfonamides is 1. The predicted molar refractivity (Wildman–Crippen MR) is 169 cm³/mol. The fraction of sp³-hybridized carbons (Fsp3) is 0.161. The van der Waals surface area contributed by atoms with Gasteiger partial charge in [0.2, 0.25) is 0 Å². The number of carbonyl (C=O) groups is 1. The van der Waals surface area contributed by atoms with Gasteiger partial charge in [-0.3, -0.25) is 9.52 Å². The van der Waals surface area contributed by atoms with Crippen LogP contribution < -0.4 is 24.4 Å². The molecule has 0 heterocycles. The number of aryl methyl sites for hydroxylation is 1. The Hall–Kier alpha value is -4.25. The molecular formula is C31H29Cl2N3O6S. The van der Waals surface area contributed by atoms with Gasteiger partial charge in [-0.1, -0.05) is 41.4 Å². The lowest BCUT2D eigenvalue weighted by atomic mass is 10.2. The van der Waals surface area contributed by atoms with E-state index in [4.69, 9.17) is 37.4 Å². The monoisotopic (exact) mass is 641 g/mol. The van der Waals surface area contributed by atoms with E-state index in [1.165, 1.54) is 48.7 Å². The highest BCUT2D eigenvalue weighted by Gasteiger charge is 2.18. The molecule has 0 aliphatic carbocycles. The van der Waals surface area contributed by atoms with Crippen molar-refractivity contribution in [2.24, 2.45) is 5.10 Å². The van der Waals surface area contributed by atoms with E-state index in [1.54, 1.807) is 18.2 Å². The van der Waals surface area contributed by atoms with Crippen molar-refractivity contribution in [3.05, 3.63) is 112 Å². The Morgan fingerprint density at radius 2 is 1.67 bits per heavy atom. The average Bonchev–Trinajstić information content (AvgIpc) is 2.98. The zero-order valence-corrected chi connectivity index (χ0v) is 25.7. The SMILES string of the molecule is CCOc1cc(/C=N/NC(=O)c2cccc(S(=O)(=O)Nc3cc(Cl)ccc3Cl)c2)ccc1OCCOc1cccc(C)c1. The summed E-state index contributed by atoms with van der Waals surface area (Å²) in [6.45, 7) is 4.95. The summed E-state index contributed by atoms with van der Waals surface area (Å²) in [6.07, 6.45) is 1.44. The molecule has 2 N–H and O–H groups in total. The Morgan fingerprint density at radius 3 is 2.47 bits per heavy atom. The number of amides is 1. The van der Waals surface area contributed by atoms with E-state index in [0.717, 1.165) is 11.3 Å². The molecule has 4 rings (SSSR count). The number of nitrogens with zero attached hydrogens (tertiary/aromatic N) is 1.